The standard InChI is InChI=1S/C17H18N8OS2/c1-12(7-8-13-5-3-2-4-6-13)21-22-15-23-24-17(25(15)18)28-11-14(26)20-16-19-9-10-27-16/h2-10H,11,18H2,1H3,(H,22,23)(H,19,20,26)/b8-7+,21-12+. The van der Waals surface area contributed by atoms with E-state index < -0.39 is 0 Å². The lowest BCUT2D eigenvalue weighted by molar-refractivity contribution is -0.113. The number of carbonyl (C=O) groups excluding carboxylic acids is 1. The predicted octanol–water partition coefficient (Wildman–Crippen LogP) is 2.68. The fraction of sp³-hybridized carbons (Fsp3) is 0.118. The number of hydrogen-bond acceptors (Lipinski definition) is 9. The van der Waals surface area contributed by atoms with Crippen molar-refractivity contribution in [1.82, 2.24) is 19.9 Å². The lowest BCUT2D eigenvalue weighted by Gasteiger charge is -2.03. The van der Waals surface area contributed by atoms with Crippen LogP contribution in [0.2, 0.25) is 0 Å². The molecule has 0 radical (unpaired) electrons. The van der Waals surface area contributed by atoms with Crippen LogP contribution in [-0.2, 0) is 4.79 Å². The second-order valence-corrected chi connectivity index (χ2v) is 7.30. The van der Waals surface area contributed by atoms with Crippen LogP contribution in [0.5, 0.6) is 0 Å². The Labute approximate surface area is 169 Å². The molecule has 9 nitrogen and oxygen atoms in total. The summed E-state index contributed by atoms with van der Waals surface area (Å²) >= 11 is 2.52. The molecular weight excluding hydrogens is 396 g/mol. The van der Waals surface area contributed by atoms with E-state index in [1.165, 1.54) is 27.8 Å². The SMILES string of the molecule is CC(/C=C/c1ccccc1)=N\Nc1nnc(SCC(=O)Nc2nccs2)n1N. The van der Waals surface area contributed by atoms with Crippen LogP contribution in [0.3, 0.4) is 0 Å². The van der Waals surface area contributed by atoms with Crippen LogP contribution >= 0.6 is 23.1 Å². The number of nitrogens with two attached hydrogens (primary N) is 1. The van der Waals surface area contributed by atoms with E-state index in [1.54, 1.807) is 11.6 Å². The average Bonchev–Trinajstić information content (AvgIpc) is 3.34. The third-order valence-electron chi connectivity index (χ3n) is 3.32. The number of aromatic nitrogens is 4. The number of nitrogens with zero attached hydrogens (tertiary/aromatic N) is 5. The first-order chi connectivity index (χ1) is 13.6. The van der Waals surface area contributed by atoms with Crippen molar-refractivity contribution in [2.24, 2.45) is 5.10 Å². The van der Waals surface area contributed by atoms with Crippen molar-refractivity contribution in [2.45, 2.75) is 12.1 Å². The van der Waals surface area contributed by atoms with Crippen molar-refractivity contribution in [3.8, 4) is 0 Å². The van der Waals surface area contributed by atoms with Gasteiger partial charge < -0.3 is 11.2 Å². The van der Waals surface area contributed by atoms with E-state index in [4.69, 9.17) is 5.84 Å². The largest absolute Gasteiger partial charge is 0.334 e. The Balaban J connectivity index is 1.52. The first-order valence-corrected chi connectivity index (χ1v) is 10.0. The molecule has 144 valence electrons. The molecule has 0 bridgehead atoms. The number of allylic oxidation sites excluding steroid dienone is 1. The van der Waals surface area contributed by atoms with Crippen LogP contribution in [0, 0.1) is 0 Å². The molecule has 1 amide bonds. The molecule has 28 heavy (non-hydrogen) atoms. The molecular formula is C17H18N8OS2. The van der Waals surface area contributed by atoms with Gasteiger partial charge in [-0.15, -0.1) is 21.5 Å². The number of thioether (sulfide) groups is 1. The maximum Gasteiger partial charge on any atom is 0.264 e. The van der Waals surface area contributed by atoms with Crippen LogP contribution in [0.1, 0.15) is 12.5 Å². The molecule has 0 unspecified atom stereocenters. The van der Waals surface area contributed by atoms with E-state index in [1.807, 2.05) is 49.4 Å². The van der Waals surface area contributed by atoms with Crippen molar-refractivity contribution in [3.05, 3.63) is 53.5 Å². The summed E-state index contributed by atoms with van der Waals surface area (Å²) < 4.78 is 1.25. The Morgan fingerprint density at radius 2 is 2.18 bits per heavy atom. The quantitative estimate of drug-likeness (QED) is 0.224. The Bertz CT molecular complexity index is 966. The lowest BCUT2D eigenvalue weighted by Crippen LogP contribution is -2.16. The topological polar surface area (TPSA) is 123 Å². The van der Waals surface area contributed by atoms with Gasteiger partial charge in [0.05, 0.1) is 11.5 Å². The highest BCUT2D eigenvalue weighted by molar-refractivity contribution is 7.99. The molecule has 3 rings (SSSR count). The summed E-state index contributed by atoms with van der Waals surface area (Å²) in [6.07, 6.45) is 5.45. The van der Waals surface area contributed by atoms with E-state index in [2.05, 4.69) is 31.0 Å². The fourth-order valence-corrected chi connectivity index (χ4v) is 3.18. The van der Waals surface area contributed by atoms with Gasteiger partial charge in [-0.05, 0) is 18.6 Å². The normalized spacial score (nSPS) is 11.7. The first kappa shape index (κ1) is 19.6. The number of anilines is 2. The summed E-state index contributed by atoms with van der Waals surface area (Å²) in [4.78, 5) is 15.9. The van der Waals surface area contributed by atoms with Gasteiger partial charge in [-0.3, -0.25) is 4.79 Å². The molecule has 11 heteroatoms. The van der Waals surface area contributed by atoms with E-state index in [-0.39, 0.29) is 17.6 Å². The highest BCUT2D eigenvalue weighted by Crippen LogP contribution is 2.18. The molecule has 0 aliphatic carbocycles. The zero-order valence-electron chi connectivity index (χ0n) is 14.9. The van der Waals surface area contributed by atoms with E-state index in [9.17, 15) is 4.79 Å². The molecule has 0 saturated heterocycles. The van der Waals surface area contributed by atoms with Gasteiger partial charge in [-0.2, -0.15) is 5.10 Å². The summed E-state index contributed by atoms with van der Waals surface area (Å²) in [7, 11) is 0. The van der Waals surface area contributed by atoms with Crippen LogP contribution < -0.4 is 16.6 Å². The molecule has 0 saturated carbocycles. The number of rotatable bonds is 8. The lowest BCUT2D eigenvalue weighted by atomic mass is 10.2. The molecule has 0 aliphatic heterocycles. The Hall–Kier alpha value is -3.18. The molecule has 0 spiro atoms. The van der Waals surface area contributed by atoms with Crippen molar-refractivity contribution in [2.75, 3.05) is 22.3 Å². The molecule has 0 aliphatic rings. The van der Waals surface area contributed by atoms with Crippen molar-refractivity contribution in [1.29, 1.82) is 0 Å². The summed E-state index contributed by atoms with van der Waals surface area (Å²) in [5, 5.41) is 17.5. The first-order valence-electron chi connectivity index (χ1n) is 8.18. The maximum absolute atomic E-state index is 11.9. The number of hydrazone groups is 1. The summed E-state index contributed by atoms with van der Waals surface area (Å²) in [5.74, 6) is 6.17. The van der Waals surface area contributed by atoms with Gasteiger partial charge in [0.25, 0.3) is 5.95 Å². The van der Waals surface area contributed by atoms with Gasteiger partial charge in [-0.25, -0.2) is 15.1 Å². The number of hydrogen-bond donors (Lipinski definition) is 3. The fourth-order valence-electron chi connectivity index (χ4n) is 1.98. The van der Waals surface area contributed by atoms with Gasteiger partial charge in [-0.1, -0.05) is 48.2 Å². The molecule has 2 aromatic heterocycles. The van der Waals surface area contributed by atoms with E-state index in [0.717, 1.165) is 11.3 Å². The number of thiazole rings is 1. The molecule has 4 N–H and O–H groups in total. The van der Waals surface area contributed by atoms with E-state index in [0.29, 0.717) is 10.3 Å². The number of nitrogens with one attached hydrogen (secondary N) is 2. The van der Waals surface area contributed by atoms with Crippen LogP contribution in [0.4, 0.5) is 11.1 Å². The van der Waals surface area contributed by atoms with Gasteiger partial charge in [0.1, 0.15) is 0 Å². The number of amides is 1. The molecule has 0 atom stereocenters. The van der Waals surface area contributed by atoms with Crippen LogP contribution in [0.25, 0.3) is 6.08 Å². The summed E-state index contributed by atoms with van der Waals surface area (Å²) in [6, 6.07) is 9.91. The minimum absolute atomic E-state index is 0.136. The number of carbonyl (C=O) groups is 1. The van der Waals surface area contributed by atoms with Gasteiger partial charge in [0, 0.05) is 11.6 Å². The highest BCUT2D eigenvalue weighted by Gasteiger charge is 2.12. The molecule has 3 aromatic rings. The molecule has 0 fully saturated rings. The Morgan fingerprint density at radius 1 is 1.36 bits per heavy atom. The second kappa shape index (κ2) is 9.67. The zero-order valence-corrected chi connectivity index (χ0v) is 16.6. The van der Waals surface area contributed by atoms with Crippen LogP contribution in [0.15, 0.2) is 58.2 Å². The third kappa shape index (κ3) is 5.66. The van der Waals surface area contributed by atoms with Crippen molar-refractivity contribution < 1.29 is 4.79 Å². The molecule has 1 aromatic carbocycles. The van der Waals surface area contributed by atoms with Crippen LogP contribution in [-0.4, -0.2) is 37.2 Å². The number of nitrogen functional groups attached to an aromatic ring is 1. The second-order valence-electron chi connectivity index (χ2n) is 5.46. The Kier molecular flexibility index (Phi) is 6.76. The predicted molar refractivity (Wildman–Crippen MR) is 114 cm³/mol. The molecule has 2 heterocycles. The Morgan fingerprint density at radius 3 is 2.93 bits per heavy atom. The van der Waals surface area contributed by atoms with Gasteiger partial charge in [0.15, 0.2) is 5.13 Å². The van der Waals surface area contributed by atoms with Gasteiger partial charge in [0.2, 0.25) is 11.1 Å². The monoisotopic (exact) mass is 414 g/mol. The van der Waals surface area contributed by atoms with E-state index >= 15 is 0 Å². The van der Waals surface area contributed by atoms with Crippen molar-refractivity contribution in [3.63, 3.8) is 0 Å². The maximum atomic E-state index is 11.9. The minimum atomic E-state index is -0.197. The number of benzene rings is 1. The highest BCUT2D eigenvalue weighted by atomic mass is 32.2. The minimum Gasteiger partial charge on any atom is -0.334 e. The van der Waals surface area contributed by atoms with Gasteiger partial charge >= 0.3 is 0 Å². The summed E-state index contributed by atoms with van der Waals surface area (Å²) in [6.45, 7) is 1.85. The third-order valence-corrected chi connectivity index (χ3v) is 4.96. The average molecular weight is 415 g/mol. The smallest absolute Gasteiger partial charge is 0.264 e. The summed E-state index contributed by atoms with van der Waals surface area (Å²) in [5.41, 5.74) is 4.59. The van der Waals surface area contributed by atoms with Crippen molar-refractivity contribution >= 4 is 51.9 Å². The zero-order chi connectivity index (χ0) is 19.8.